The summed E-state index contributed by atoms with van der Waals surface area (Å²) in [5.74, 6) is -0.796. The van der Waals surface area contributed by atoms with Crippen LogP contribution in [0.2, 0.25) is 10.0 Å². The third-order valence-electron chi connectivity index (χ3n) is 4.07. The van der Waals surface area contributed by atoms with Crippen LogP contribution in [0.5, 0.6) is 0 Å². The van der Waals surface area contributed by atoms with Crippen LogP contribution in [0, 0.1) is 16.7 Å². The van der Waals surface area contributed by atoms with E-state index in [0.717, 1.165) is 0 Å². The number of nitrogens with zero attached hydrogens (tertiary/aromatic N) is 1. The highest BCUT2D eigenvalue weighted by molar-refractivity contribution is 6.36. The van der Waals surface area contributed by atoms with Gasteiger partial charge in [-0.15, -0.1) is 0 Å². The Hall–Kier alpha value is -2.55. The molecule has 25 heavy (non-hydrogen) atoms. The van der Waals surface area contributed by atoms with Gasteiger partial charge in [0.25, 0.3) is 0 Å². The van der Waals surface area contributed by atoms with Crippen molar-refractivity contribution in [1.29, 1.82) is 5.26 Å². The van der Waals surface area contributed by atoms with E-state index < -0.39 is 11.3 Å². The third-order valence-corrected chi connectivity index (χ3v) is 4.63. The Morgan fingerprint density at radius 3 is 2.24 bits per heavy atom. The average Bonchev–Trinajstić information content (AvgIpc) is 3.41. The Balaban J connectivity index is 1.72. The zero-order valence-electron chi connectivity index (χ0n) is 13.0. The zero-order chi connectivity index (χ0) is 18.0. The highest BCUT2D eigenvalue weighted by Crippen LogP contribution is 2.48. The first-order chi connectivity index (χ1) is 11.9. The maximum absolute atomic E-state index is 12.6. The number of halogens is 2. The van der Waals surface area contributed by atoms with Gasteiger partial charge in [-0.2, -0.15) is 5.26 Å². The molecule has 0 bridgehead atoms. The Kier molecular flexibility index (Phi) is 4.67. The van der Waals surface area contributed by atoms with Crippen LogP contribution in [0.3, 0.4) is 0 Å². The van der Waals surface area contributed by atoms with Crippen LogP contribution >= 0.6 is 23.2 Å². The van der Waals surface area contributed by atoms with Crippen LogP contribution in [0.1, 0.15) is 18.4 Å². The molecule has 1 fully saturated rings. The molecule has 2 N–H and O–H groups in total. The summed E-state index contributed by atoms with van der Waals surface area (Å²) in [5.41, 5.74) is 0.285. The van der Waals surface area contributed by atoms with Gasteiger partial charge < -0.3 is 10.6 Å². The first-order valence-corrected chi connectivity index (χ1v) is 8.28. The lowest BCUT2D eigenvalue weighted by molar-refractivity contribution is -0.131. The van der Waals surface area contributed by atoms with Crippen LogP contribution in [0.25, 0.3) is 0 Å². The number of rotatable bonds is 4. The molecule has 2 amide bonds. The minimum absolute atomic E-state index is 0.348. The fourth-order valence-electron chi connectivity index (χ4n) is 2.40. The Morgan fingerprint density at radius 1 is 1.00 bits per heavy atom. The summed E-state index contributed by atoms with van der Waals surface area (Å²) in [6.45, 7) is 0. The second-order valence-corrected chi connectivity index (χ2v) is 6.65. The molecule has 1 aliphatic carbocycles. The summed E-state index contributed by atoms with van der Waals surface area (Å²) in [7, 11) is 0. The van der Waals surface area contributed by atoms with Gasteiger partial charge >= 0.3 is 0 Å². The summed E-state index contributed by atoms with van der Waals surface area (Å²) in [6.07, 6.45) is 0.915. The normalized spacial score (nSPS) is 14.3. The number of benzene rings is 2. The van der Waals surface area contributed by atoms with Gasteiger partial charge in [0.2, 0.25) is 11.8 Å². The van der Waals surface area contributed by atoms with Crippen LogP contribution in [-0.4, -0.2) is 11.8 Å². The monoisotopic (exact) mass is 373 g/mol. The van der Waals surface area contributed by atoms with Crippen LogP contribution in [0.15, 0.2) is 42.5 Å². The molecule has 1 aliphatic rings. The third kappa shape index (κ3) is 3.60. The van der Waals surface area contributed by atoms with Crippen LogP contribution in [0.4, 0.5) is 11.4 Å². The van der Waals surface area contributed by atoms with E-state index in [0.29, 0.717) is 39.8 Å². The van der Waals surface area contributed by atoms with E-state index in [1.807, 2.05) is 6.07 Å². The molecular weight excluding hydrogens is 361 g/mol. The lowest BCUT2D eigenvalue weighted by atomic mass is 10.0. The lowest BCUT2D eigenvalue weighted by Crippen LogP contribution is -2.35. The molecule has 0 heterocycles. The van der Waals surface area contributed by atoms with Crippen molar-refractivity contribution in [2.24, 2.45) is 5.41 Å². The molecule has 1 saturated carbocycles. The molecule has 0 saturated heterocycles. The van der Waals surface area contributed by atoms with E-state index in [1.54, 1.807) is 36.4 Å². The van der Waals surface area contributed by atoms with Crippen molar-refractivity contribution in [3.05, 3.63) is 58.1 Å². The van der Waals surface area contributed by atoms with E-state index in [-0.39, 0.29) is 5.91 Å². The minimum atomic E-state index is -1.11. The van der Waals surface area contributed by atoms with Crippen molar-refractivity contribution in [1.82, 2.24) is 0 Å². The quantitative estimate of drug-likeness (QED) is 0.786. The van der Waals surface area contributed by atoms with E-state index >= 15 is 0 Å². The SMILES string of the molecule is N#Cc1ccc(NC(=O)C2(C(=O)Nc3cc(Cl)ccc3Cl)CC2)cc1. The van der Waals surface area contributed by atoms with Crippen molar-refractivity contribution in [2.75, 3.05) is 10.6 Å². The number of carbonyl (C=O) groups excluding carboxylic acids is 2. The fraction of sp³-hybridized carbons (Fsp3) is 0.167. The highest BCUT2D eigenvalue weighted by Gasteiger charge is 2.56. The smallest absolute Gasteiger partial charge is 0.240 e. The molecule has 0 spiro atoms. The van der Waals surface area contributed by atoms with Crippen LogP contribution in [-0.2, 0) is 9.59 Å². The molecule has 0 aliphatic heterocycles. The predicted molar refractivity (Wildman–Crippen MR) is 96.5 cm³/mol. The van der Waals surface area contributed by atoms with Gasteiger partial charge in [-0.1, -0.05) is 23.2 Å². The second-order valence-electron chi connectivity index (χ2n) is 5.80. The molecular formula is C18H13Cl2N3O2. The predicted octanol–water partition coefficient (Wildman–Crippen LogP) is 4.22. The largest absolute Gasteiger partial charge is 0.325 e. The standard InChI is InChI=1S/C18H13Cl2N3O2/c19-12-3-6-14(20)15(9-12)23-17(25)18(7-8-18)16(24)22-13-4-1-11(10-21)2-5-13/h1-6,9H,7-8H2,(H,22,24)(H,23,25). The number of anilines is 2. The van der Waals surface area contributed by atoms with Crippen molar-refractivity contribution in [2.45, 2.75) is 12.8 Å². The minimum Gasteiger partial charge on any atom is -0.325 e. The van der Waals surface area contributed by atoms with Crippen molar-refractivity contribution in [3.8, 4) is 6.07 Å². The number of hydrogen-bond donors (Lipinski definition) is 2. The molecule has 126 valence electrons. The number of carbonyl (C=O) groups is 2. The number of nitriles is 1. The van der Waals surface area contributed by atoms with Gasteiger partial charge in [-0.05, 0) is 55.3 Å². The van der Waals surface area contributed by atoms with E-state index in [2.05, 4.69) is 10.6 Å². The van der Waals surface area contributed by atoms with Crippen LogP contribution < -0.4 is 10.6 Å². The summed E-state index contributed by atoms with van der Waals surface area (Å²) < 4.78 is 0. The molecule has 5 nitrogen and oxygen atoms in total. The summed E-state index contributed by atoms with van der Waals surface area (Å²) in [6, 6.07) is 13.2. The van der Waals surface area contributed by atoms with Crippen molar-refractivity contribution >= 4 is 46.4 Å². The topological polar surface area (TPSA) is 82.0 Å². The number of nitrogens with one attached hydrogen (secondary N) is 2. The zero-order valence-corrected chi connectivity index (χ0v) is 14.5. The maximum Gasteiger partial charge on any atom is 0.240 e. The Bertz CT molecular complexity index is 884. The van der Waals surface area contributed by atoms with E-state index in [4.69, 9.17) is 28.5 Å². The van der Waals surface area contributed by atoms with Gasteiger partial charge in [0, 0.05) is 10.7 Å². The van der Waals surface area contributed by atoms with Gasteiger partial charge in [0.15, 0.2) is 0 Å². The molecule has 0 aromatic heterocycles. The molecule has 2 aromatic carbocycles. The number of hydrogen-bond acceptors (Lipinski definition) is 3. The number of amides is 2. The maximum atomic E-state index is 12.6. The highest BCUT2D eigenvalue weighted by atomic mass is 35.5. The van der Waals surface area contributed by atoms with Crippen molar-refractivity contribution < 1.29 is 9.59 Å². The Morgan fingerprint density at radius 2 is 1.64 bits per heavy atom. The van der Waals surface area contributed by atoms with E-state index in [9.17, 15) is 9.59 Å². The molecule has 3 rings (SSSR count). The van der Waals surface area contributed by atoms with Crippen molar-refractivity contribution in [3.63, 3.8) is 0 Å². The first kappa shape index (κ1) is 17.3. The molecule has 2 aromatic rings. The summed E-state index contributed by atoms with van der Waals surface area (Å²) in [5, 5.41) is 15.0. The Labute approximate surface area is 154 Å². The summed E-state index contributed by atoms with van der Waals surface area (Å²) >= 11 is 12.0. The first-order valence-electron chi connectivity index (χ1n) is 7.53. The van der Waals surface area contributed by atoms with E-state index in [1.165, 1.54) is 6.07 Å². The fourth-order valence-corrected chi connectivity index (χ4v) is 2.73. The molecule has 0 radical (unpaired) electrons. The molecule has 0 atom stereocenters. The van der Waals surface area contributed by atoms with Gasteiger partial charge in [-0.25, -0.2) is 0 Å². The summed E-state index contributed by atoms with van der Waals surface area (Å²) in [4.78, 5) is 25.1. The van der Waals surface area contributed by atoms with Gasteiger partial charge in [0.05, 0.1) is 22.3 Å². The molecule has 0 unspecified atom stereocenters. The second kappa shape index (κ2) is 6.75. The van der Waals surface area contributed by atoms with Gasteiger partial charge in [0.1, 0.15) is 5.41 Å². The van der Waals surface area contributed by atoms with Gasteiger partial charge in [-0.3, -0.25) is 9.59 Å². The average molecular weight is 374 g/mol. The lowest BCUT2D eigenvalue weighted by Gasteiger charge is -2.16. The molecule has 7 heteroatoms.